The van der Waals surface area contributed by atoms with Crippen LogP contribution in [0.1, 0.15) is 37.3 Å². The fourth-order valence-corrected chi connectivity index (χ4v) is 5.93. The van der Waals surface area contributed by atoms with Crippen LogP contribution in [0.5, 0.6) is 5.75 Å². The molecule has 10 heteroatoms. The van der Waals surface area contributed by atoms with E-state index in [1.165, 1.54) is 10.4 Å². The number of hydrogen-bond acceptors (Lipinski definition) is 6. The standard InChI is InChI=1S/C23H28N4O5S/c1-4-18-23(29)25-17-11-15(3)20(12-19(17)32-18)33(30,31)27-10-6-8-16(13-27)22(28)26-21-14(2)7-5-9-24-21/h5,7,9,11-12,16,18H,4,6,8,10,13H2,1-3H3,(H,25,29)(H,24,26,28). The average molecular weight is 473 g/mol. The normalized spacial score (nSPS) is 21.0. The number of aryl methyl sites for hydroxylation is 2. The summed E-state index contributed by atoms with van der Waals surface area (Å²) in [6.45, 7) is 5.79. The SMILES string of the molecule is CCC1Oc2cc(S(=O)(=O)N3CCCC(C(=O)Nc4ncccc4C)C3)c(C)cc2NC1=O. The molecule has 33 heavy (non-hydrogen) atoms. The number of ether oxygens (including phenoxy) is 1. The largest absolute Gasteiger partial charge is 0.478 e. The summed E-state index contributed by atoms with van der Waals surface area (Å²) < 4.78 is 34.2. The first-order chi connectivity index (χ1) is 15.7. The zero-order valence-corrected chi connectivity index (χ0v) is 19.7. The smallest absolute Gasteiger partial charge is 0.265 e. The van der Waals surface area contributed by atoms with E-state index >= 15 is 0 Å². The summed E-state index contributed by atoms with van der Waals surface area (Å²) in [5.74, 6) is -0.142. The van der Waals surface area contributed by atoms with Gasteiger partial charge in [0.2, 0.25) is 15.9 Å². The number of nitrogens with one attached hydrogen (secondary N) is 2. The maximum atomic E-state index is 13.5. The van der Waals surface area contributed by atoms with Crippen LogP contribution in [-0.4, -0.2) is 48.7 Å². The zero-order valence-electron chi connectivity index (χ0n) is 18.9. The quantitative estimate of drug-likeness (QED) is 0.691. The number of carbonyl (C=O) groups excluding carboxylic acids is 2. The van der Waals surface area contributed by atoms with Crippen LogP contribution in [-0.2, 0) is 19.6 Å². The Morgan fingerprint density at radius 1 is 1.30 bits per heavy atom. The molecule has 1 saturated heterocycles. The molecule has 4 rings (SSSR count). The molecule has 9 nitrogen and oxygen atoms in total. The second kappa shape index (κ2) is 9.11. The Kier molecular flexibility index (Phi) is 6.40. The minimum absolute atomic E-state index is 0.0890. The summed E-state index contributed by atoms with van der Waals surface area (Å²) in [4.78, 5) is 29.2. The summed E-state index contributed by atoms with van der Waals surface area (Å²) in [7, 11) is -3.87. The van der Waals surface area contributed by atoms with Gasteiger partial charge in [-0.3, -0.25) is 9.59 Å². The van der Waals surface area contributed by atoms with Gasteiger partial charge in [-0.15, -0.1) is 0 Å². The number of benzene rings is 1. The number of rotatable bonds is 5. The van der Waals surface area contributed by atoms with Gasteiger partial charge in [-0.05, 0) is 56.4 Å². The highest BCUT2D eigenvalue weighted by molar-refractivity contribution is 7.89. The fraction of sp³-hybridized carbons (Fsp3) is 0.435. The molecule has 2 atom stereocenters. The van der Waals surface area contributed by atoms with Crippen molar-refractivity contribution in [2.75, 3.05) is 23.7 Å². The van der Waals surface area contributed by atoms with Gasteiger partial charge in [0.05, 0.1) is 16.5 Å². The molecule has 1 aromatic heterocycles. The predicted molar refractivity (Wildman–Crippen MR) is 124 cm³/mol. The van der Waals surface area contributed by atoms with Crippen molar-refractivity contribution in [3.63, 3.8) is 0 Å². The van der Waals surface area contributed by atoms with Crippen LogP contribution < -0.4 is 15.4 Å². The van der Waals surface area contributed by atoms with Gasteiger partial charge in [0.15, 0.2) is 6.10 Å². The van der Waals surface area contributed by atoms with E-state index in [0.717, 1.165) is 5.56 Å². The Morgan fingerprint density at radius 3 is 2.82 bits per heavy atom. The van der Waals surface area contributed by atoms with E-state index < -0.39 is 22.0 Å². The lowest BCUT2D eigenvalue weighted by atomic mass is 9.99. The molecule has 2 aliphatic heterocycles. The lowest BCUT2D eigenvalue weighted by Crippen LogP contribution is -2.44. The molecule has 2 N–H and O–H groups in total. The second-order valence-electron chi connectivity index (χ2n) is 8.48. The van der Waals surface area contributed by atoms with E-state index in [9.17, 15) is 18.0 Å². The monoisotopic (exact) mass is 472 g/mol. The van der Waals surface area contributed by atoms with Crippen LogP contribution in [0.2, 0.25) is 0 Å². The van der Waals surface area contributed by atoms with Crippen molar-refractivity contribution in [3.8, 4) is 5.75 Å². The Labute approximate surface area is 193 Å². The number of anilines is 2. The molecule has 0 bridgehead atoms. The van der Waals surface area contributed by atoms with Gasteiger partial charge in [0.1, 0.15) is 11.6 Å². The molecule has 2 amide bonds. The maximum absolute atomic E-state index is 13.5. The van der Waals surface area contributed by atoms with Gasteiger partial charge < -0.3 is 15.4 Å². The summed E-state index contributed by atoms with van der Waals surface area (Å²) in [5.41, 5.74) is 1.80. The number of pyridine rings is 1. The third-order valence-corrected chi connectivity index (χ3v) is 8.10. The first-order valence-corrected chi connectivity index (χ1v) is 12.5. The molecule has 2 unspecified atom stereocenters. The van der Waals surface area contributed by atoms with Crippen molar-refractivity contribution in [1.82, 2.24) is 9.29 Å². The highest BCUT2D eigenvalue weighted by Gasteiger charge is 2.36. The van der Waals surface area contributed by atoms with Crippen molar-refractivity contribution in [3.05, 3.63) is 41.6 Å². The summed E-state index contributed by atoms with van der Waals surface area (Å²) in [5, 5.41) is 5.61. The molecular weight excluding hydrogens is 444 g/mol. The van der Waals surface area contributed by atoms with E-state index in [4.69, 9.17) is 4.74 Å². The first-order valence-electron chi connectivity index (χ1n) is 11.1. The average Bonchev–Trinajstić information content (AvgIpc) is 2.79. The minimum atomic E-state index is -3.87. The van der Waals surface area contributed by atoms with E-state index in [-0.39, 0.29) is 23.3 Å². The predicted octanol–water partition coefficient (Wildman–Crippen LogP) is 2.85. The Bertz CT molecular complexity index is 1200. The number of aromatic nitrogens is 1. The second-order valence-corrected chi connectivity index (χ2v) is 10.4. The van der Waals surface area contributed by atoms with Gasteiger partial charge in [-0.25, -0.2) is 13.4 Å². The number of amides is 2. The van der Waals surface area contributed by atoms with Gasteiger partial charge in [-0.2, -0.15) is 4.31 Å². The van der Waals surface area contributed by atoms with E-state index in [1.807, 2.05) is 19.9 Å². The third-order valence-electron chi connectivity index (χ3n) is 6.09. The van der Waals surface area contributed by atoms with Crippen LogP contribution in [0.15, 0.2) is 35.4 Å². The topological polar surface area (TPSA) is 118 Å². The molecule has 0 spiro atoms. The van der Waals surface area contributed by atoms with Crippen LogP contribution >= 0.6 is 0 Å². The van der Waals surface area contributed by atoms with Gasteiger partial charge >= 0.3 is 0 Å². The molecule has 0 aliphatic carbocycles. The Balaban J connectivity index is 1.55. The molecular formula is C23H28N4O5S. The van der Waals surface area contributed by atoms with Crippen molar-refractivity contribution in [1.29, 1.82) is 0 Å². The first kappa shape index (κ1) is 23.2. The highest BCUT2D eigenvalue weighted by Crippen LogP contribution is 2.36. The van der Waals surface area contributed by atoms with Gasteiger partial charge in [0, 0.05) is 25.4 Å². The van der Waals surface area contributed by atoms with E-state index in [0.29, 0.717) is 48.6 Å². The maximum Gasteiger partial charge on any atom is 0.265 e. The molecule has 1 fully saturated rings. The third kappa shape index (κ3) is 4.58. The van der Waals surface area contributed by atoms with Crippen molar-refractivity contribution in [2.45, 2.75) is 51.0 Å². The number of piperidine rings is 1. The molecule has 2 aliphatic rings. The molecule has 0 saturated carbocycles. The van der Waals surface area contributed by atoms with Crippen molar-refractivity contribution in [2.24, 2.45) is 5.92 Å². The van der Waals surface area contributed by atoms with E-state index in [1.54, 1.807) is 25.3 Å². The number of carbonyl (C=O) groups is 2. The van der Waals surface area contributed by atoms with Crippen LogP contribution in [0.4, 0.5) is 11.5 Å². The summed E-state index contributed by atoms with van der Waals surface area (Å²) >= 11 is 0. The number of sulfonamides is 1. The van der Waals surface area contributed by atoms with Crippen molar-refractivity contribution >= 4 is 33.3 Å². The fourth-order valence-electron chi connectivity index (χ4n) is 4.18. The Hall–Kier alpha value is -2.98. The van der Waals surface area contributed by atoms with Crippen LogP contribution in [0.3, 0.4) is 0 Å². The van der Waals surface area contributed by atoms with Gasteiger partial charge in [0.25, 0.3) is 5.91 Å². The summed E-state index contributed by atoms with van der Waals surface area (Å²) in [6, 6.07) is 6.73. The van der Waals surface area contributed by atoms with Crippen molar-refractivity contribution < 1.29 is 22.7 Å². The minimum Gasteiger partial charge on any atom is -0.478 e. The number of hydrogen-bond donors (Lipinski definition) is 2. The molecule has 176 valence electrons. The lowest BCUT2D eigenvalue weighted by Gasteiger charge is -2.32. The number of nitrogens with zero attached hydrogens (tertiary/aromatic N) is 2. The lowest BCUT2D eigenvalue weighted by molar-refractivity contribution is -0.123. The van der Waals surface area contributed by atoms with E-state index in [2.05, 4.69) is 15.6 Å². The van der Waals surface area contributed by atoms with Crippen LogP contribution in [0, 0.1) is 19.8 Å². The highest BCUT2D eigenvalue weighted by atomic mass is 32.2. The molecule has 1 aromatic carbocycles. The molecule has 0 radical (unpaired) electrons. The zero-order chi connectivity index (χ0) is 23.8. The van der Waals surface area contributed by atoms with Crippen LogP contribution in [0.25, 0.3) is 0 Å². The molecule has 3 heterocycles. The molecule has 2 aromatic rings. The number of fused-ring (bicyclic) bond motifs is 1. The summed E-state index contributed by atoms with van der Waals surface area (Å²) in [6.07, 6.45) is 2.59. The Morgan fingerprint density at radius 2 is 2.09 bits per heavy atom. The van der Waals surface area contributed by atoms with Gasteiger partial charge in [-0.1, -0.05) is 13.0 Å².